The maximum atomic E-state index is 14.0. The number of benzene rings is 1. The minimum atomic E-state index is -3.87. The van der Waals surface area contributed by atoms with E-state index in [9.17, 15) is 17.6 Å². The minimum absolute atomic E-state index is 0.00126. The summed E-state index contributed by atoms with van der Waals surface area (Å²) in [6.45, 7) is 7.68. The van der Waals surface area contributed by atoms with Crippen molar-refractivity contribution in [2.24, 2.45) is 11.8 Å². The Morgan fingerprint density at radius 2 is 1.79 bits per heavy atom. The number of nitrogens with one attached hydrogen (secondary N) is 1. The van der Waals surface area contributed by atoms with Crippen molar-refractivity contribution < 1.29 is 17.6 Å². The van der Waals surface area contributed by atoms with Crippen LogP contribution < -0.4 is 5.32 Å². The Kier molecular flexibility index (Phi) is 6.96. The number of amides is 1. The van der Waals surface area contributed by atoms with Gasteiger partial charge in [-0.2, -0.15) is 4.31 Å². The second kappa shape index (κ2) is 9.10. The maximum absolute atomic E-state index is 14.0. The average Bonchev–Trinajstić information content (AvgIpc) is 2.71. The van der Waals surface area contributed by atoms with Crippen molar-refractivity contribution in [2.45, 2.75) is 57.0 Å². The molecule has 162 valence electrons. The van der Waals surface area contributed by atoms with Gasteiger partial charge in [-0.3, -0.25) is 9.69 Å². The van der Waals surface area contributed by atoms with Crippen molar-refractivity contribution >= 4 is 15.9 Å². The zero-order valence-electron chi connectivity index (χ0n) is 17.5. The number of carbonyl (C=O) groups is 1. The second-order valence-corrected chi connectivity index (χ2v) is 10.3. The molecule has 29 heavy (non-hydrogen) atoms. The Labute approximate surface area is 173 Å². The van der Waals surface area contributed by atoms with Gasteiger partial charge in [-0.05, 0) is 37.3 Å². The van der Waals surface area contributed by atoms with Gasteiger partial charge in [0, 0.05) is 32.2 Å². The first-order chi connectivity index (χ1) is 13.7. The van der Waals surface area contributed by atoms with E-state index >= 15 is 0 Å². The van der Waals surface area contributed by atoms with Crippen LogP contribution in [0.5, 0.6) is 0 Å². The molecule has 2 fully saturated rings. The highest BCUT2D eigenvalue weighted by Crippen LogP contribution is 2.29. The highest BCUT2D eigenvalue weighted by Gasteiger charge is 2.34. The average molecular weight is 426 g/mol. The molecule has 1 heterocycles. The van der Waals surface area contributed by atoms with Gasteiger partial charge in [-0.1, -0.05) is 38.8 Å². The van der Waals surface area contributed by atoms with E-state index in [0.29, 0.717) is 24.9 Å². The van der Waals surface area contributed by atoms with Crippen molar-refractivity contribution in [1.82, 2.24) is 14.5 Å². The van der Waals surface area contributed by atoms with Crippen molar-refractivity contribution in [3.05, 3.63) is 30.1 Å². The number of halogens is 1. The first-order valence-corrected chi connectivity index (χ1v) is 11.9. The lowest BCUT2D eigenvalue weighted by atomic mass is 9.78. The van der Waals surface area contributed by atoms with Crippen LogP contribution in [0.15, 0.2) is 29.2 Å². The quantitative estimate of drug-likeness (QED) is 0.787. The fourth-order valence-corrected chi connectivity index (χ4v) is 5.87. The lowest BCUT2D eigenvalue weighted by Gasteiger charge is -2.39. The standard InChI is InChI=1S/C21H32FN3O3S/c1-15-7-6-9-19(16(15)2)23-21(26)17(3)24-11-13-25(14-12-24)29(27,28)20-10-5-4-8-18(20)22/h4-5,8,10,15-17,19H,6-7,9,11-14H2,1-3H3,(H,23,26)/t15-,16-,17-,19-/m1/s1. The van der Waals surface area contributed by atoms with Crippen LogP contribution in [0.25, 0.3) is 0 Å². The van der Waals surface area contributed by atoms with Gasteiger partial charge in [0.25, 0.3) is 0 Å². The van der Waals surface area contributed by atoms with Crippen molar-refractivity contribution in [2.75, 3.05) is 26.2 Å². The van der Waals surface area contributed by atoms with Gasteiger partial charge < -0.3 is 5.32 Å². The molecule has 0 aromatic heterocycles. The van der Waals surface area contributed by atoms with Crippen molar-refractivity contribution in [1.29, 1.82) is 0 Å². The number of hydrogen-bond donors (Lipinski definition) is 1. The summed E-state index contributed by atoms with van der Waals surface area (Å²) in [5.41, 5.74) is 0. The minimum Gasteiger partial charge on any atom is -0.352 e. The number of piperazine rings is 1. The van der Waals surface area contributed by atoms with Crippen LogP contribution in [0.1, 0.15) is 40.0 Å². The Morgan fingerprint density at radius 1 is 1.14 bits per heavy atom. The summed E-state index contributed by atoms with van der Waals surface area (Å²) in [7, 11) is -3.87. The van der Waals surface area contributed by atoms with E-state index in [2.05, 4.69) is 19.2 Å². The molecule has 6 nitrogen and oxygen atoms in total. The Balaban J connectivity index is 1.57. The van der Waals surface area contributed by atoms with Crippen molar-refractivity contribution in [3.8, 4) is 0 Å². The highest BCUT2D eigenvalue weighted by atomic mass is 32.2. The molecule has 1 amide bonds. The third-order valence-corrected chi connectivity index (χ3v) is 8.62. The second-order valence-electron chi connectivity index (χ2n) is 8.43. The summed E-state index contributed by atoms with van der Waals surface area (Å²) in [6.07, 6.45) is 3.36. The monoisotopic (exact) mass is 425 g/mol. The molecule has 1 aromatic carbocycles. The van der Waals surface area contributed by atoms with Crippen LogP contribution in [0.4, 0.5) is 4.39 Å². The van der Waals surface area contributed by atoms with Crippen LogP contribution in [0.3, 0.4) is 0 Å². The van der Waals surface area contributed by atoms with Crippen LogP contribution in [0, 0.1) is 17.7 Å². The smallest absolute Gasteiger partial charge is 0.246 e. The Bertz CT molecular complexity index is 824. The summed E-state index contributed by atoms with van der Waals surface area (Å²) in [5, 5.41) is 3.21. The zero-order chi connectivity index (χ0) is 21.2. The van der Waals surface area contributed by atoms with E-state index in [0.717, 1.165) is 18.9 Å². The molecule has 0 radical (unpaired) electrons. The molecular formula is C21H32FN3O3S. The van der Waals surface area contributed by atoms with Crippen LogP contribution in [0.2, 0.25) is 0 Å². The van der Waals surface area contributed by atoms with Gasteiger partial charge in [0.1, 0.15) is 10.7 Å². The van der Waals surface area contributed by atoms with E-state index in [1.807, 2.05) is 11.8 Å². The van der Waals surface area contributed by atoms with E-state index < -0.39 is 15.8 Å². The molecule has 8 heteroatoms. The van der Waals surface area contributed by atoms with Crippen LogP contribution in [-0.2, 0) is 14.8 Å². The molecule has 4 atom stereocenters. The molecule has 1 saturated carbocycles. The largest absolute Gasteiger partial charge is 0.352 e. The summed E-state index contributed by atoms with van der Waals surface area (Å²) < 4.78 is 40.7. The molecule has 0 bridgehead atoms. The van der Waals surface area contributed by atoms with Gasteiger partial charge >= 0.3 is 0 Å². The van der Waals surface area contributed by atoms with Gasteiger partial charge in [0.2, 0.25) is 15.9 Å². The summed E-state index contributed by atoms with van der Waals surface area (Å²) >= 11 is 0. The fourth-order valence-electron chi connectivity index (χ4n) is 4.38. The third kappa shape index (κ3) is 4.81. The molecule has 1 saturated heterocycles. The first kappa shape index (κ1) is 22.2. The maximum Gasteiger partial charge on any atom is 0.246 e. The van der Waals surface area contributed by atoms with E-state index in [4.69, 9.17) is 0 Å². The highest BCUT2D eigenvalue weighted by molar-refractivity contribution is 7.89. The molecular weight excluding hydrogens is 393 g/mol. The molecule has 1 N–H and O–H groups in total. The Hall–Kier alpha value is -1.51. The summed E-state index contributed by atoms with van der Waals surface area (Å²) in [6, 6.07) is 5.32. The summed E-state index contributed by atoms with van der Waals surface area (Å²) in [4.78, 5) is 14.5. The van der Waals surface area contributed by atoms with Gasteiger partial charge in [-0.25, -0.2) is 12.8 Å². The number of sulfonamides is 1. The molecule has 1 aliphatic carbocycles. The van der Waals surface area contributed by atoms with Crippen LogP contribution in [-0.4, -0.2) is 61.8 Å². The molecule has 1 aromatic rings. The van der Waals surface area contributed by atoms with E-state index in [1.165, 1.54) is 28.9 Å². The van der Waals surface area contributed by atoms with Gasteiger partial charge in [0.05, 0.1) is 6.04 Å². The normalized spacial score (nSPS) is 28.1. The molecule has 0 unspecified atom stereocenters. The SMILES string of the molecule is C[C@@H]1[C@H](C)CCC[C@H]1NC(=O)[C@@H](C)N1CCN(S(=O)(=O)c2ccccc2F)CC1. The van der Waals surface area contributed by atoms with Gasteiger partial charge in [0.15, 0.2) is 0 Å². The molecule has 0 spiro atoms. The molecule has 1 aliphatic heterocycles. The van der Waals surface area contributed by atoms with Crippen molar-refractivity contribution in [3.63, 3.8) is 0 Å². The lowest BCUT2D eigenvalue weighted by Crippen LogP contribution is -2.56. The van der Waals surface area contributed by atoms with Gasteiger partial charge in [-0.15, -0.1) is 0 Å². The van der Waals surface area contributed by atoms with E-state index in [1.54, 1.807) is 0 Å². The number of nitrogens with zero attached hydrogens (tertiary/aromatic N) is 2. The Morgan fingerprint density at radius 3 is 2.45 bits per heavy atom. The third-order valence-electron chi connectivity index (χ3n) is 6.69. The molecule has 2 aliphatic rings. The first-order valence-electron chi connectivity index (χ1n) is 10.5. The van der Waals surface area contributed by atoms with Crippen LogP contribution >= 0.6 is 0 Å². The van der Waals surface area contributed by atoms with E-state index in [-0.39, 0.29) is 36.0 Å². The summed E-state index contributed by atoms with van der Waals surface area (Å²) in [5.74, 6) is 0.332. The predicted molar refractivity (Wildman–Crippen MR) is 110 cm³/mol. The lowest BCUT2D eigenvalue weighted by molar-refractivity contribution is -0.127. The topological polar surface area (TPSA) is 69.7 Å². The number of carbonyl (C=O) groups excluding carboxylic acids is 1. The zero-order valence-corrected chi connectivity index (χ0v) is 18.3. The fraction of sp³-hybridized carbons (Fsp3) is 0.667. The molecule has 3 rings (SSSR count). The number of hydrogen-bond acceptors (Lipinski definition) is 4. The predicted octanol–water partition coefficient (Wildman–Crippen LogP) is 2.46. The number of rotatable bonds is 5.